The summed E-state index contributed by atoms with van der Waals surface area (Å²) < 4.78 is 5.30. The molecule has 1 amide bonds. The van der Waals surface area contributed by atoms with Gasteiger partial charge < -0.3 is 15.4 Å². The second kappa shape index (κ2) is 8.08. The van der Waals surface area contributed by atoms with Crippen LogP contribution in [0.1, 0.15) is 10.5 Å². The predicted octanol–water partition coefficient (Wildman–Crippen LogP) is 5.39. The summed E-state index contributed by atoms with van der Waals surface area (Å²) in [4.78, 5) is 16.5. The number of aromatic nitrogens is 1. The molecular weight excluding hydrogens is 373 g/mol. The van der Waals surface area contributed by atoms with Crippen LogP contribution in [0.15, 0.2) is 60.8 Å². The molecule has 2 aromatic carbocycles. The van der Waals surface area contributed by atoms with Gasteiger partial charge in [-0.25, -0.2) is 4.98 Å². The molecule has 26 heavy (non-hydrogen) atoms. The third-order valence-corrected chi connectivity index (χ3v) is 4.40. The quantitative estimate of drug-likeness (QED) is 0.615. The molecule has 1 heterocycles. The molecule has 3 rings (SSSR count). The van der Waals surface area contributed by atoms with Crippen LogP contribution in [0.5, 0.6) is 5.75 Å². The van der Waals surface area contributed by atoms with Gasteiger partial charge in [-0.05, 0) is 36.4 Å². The van der Waals surface area contributed by atoms with E-state index in [1.165, 1.54) is 0 Å². The molecule has 0 aliphatic heterocycles. The maximum atomic E-state index is 12.3. The molecule has 0 radical (unpaired) electrons. The first-order valence-corrected chi connectivity index (χ1v) is 8.45. The van der Waals surface area contributed by atoms with Gasteiger partial charge in [-0.1, -0.05) is 41.4 Å². The third-order valence-electron chi connectivity index (χ3n) is 3.58. The average Bonchev–Trinajstić information content (AvgIpc) is 2.66. The number of hydrogen-bond donors (Lipinski definition) is 2. The van der Waals surface area contributed by atoms with Crippen molar-refractivity contribution >= 4 is 46.2 Å². The Labute approximate surface area is 160 Å². The Morgan fingerprint density at radius 1 is 1.00 bits per heavy atom. The lowest BCUT2D eigenvalue weighted by Crippen LogP contribution is -2.14. The van der Waals surface area contributed by atoms with E-state index in [1.54, 1.807) is 43.6 Å². The summed E-state index contributed by atoms with van der Waals surface area (Å²) >= 11 is 12.0. The lowest BCUT2D eigenvalue weighted by molar-refractivity contribution is 0.102. The number of rotatable bonds is 5. The Balaban J connectivity index is 1.73. The minimum Gasteiger partial charge on any atom is -0.495 e. The summed E-state index contributed by atoms with van der Waals surface area (Å²) in [5.41, 5.74) is 2.22. The number of ether oxygens (including phenoxy) is 1. The normalized spacial score (nSPS) is 10.3. The summed E-state index contributed by atoms with van der Waals surface area (Å²) in [7, 11) is 1.60. The highest BCUT2D eigenvalue weighted by Gasteiger charge is 2.11. The van der Waals surface area contributed by atoms with Gasteiger partial charge in [0.2, 0.25) is 0 Å². The SMILES string of the molecule is COc1ccccc1Nc1ccc(C(=O)Nc2cccc(Cl)c2Cl)nc1. The number of hydrogen-bond acceptors (Lipinski definition) is 4. The first-order chi connectivity index (χ1) is 12.6. The van der Waals surface area contributed by atoms with Crippen molar-refractivity contribution in [3.8, 4) is 5.75 Å². The van der Waals surface area contributed by atoms with E-state index >= 15 is 0 Å². The number of benzene rings is 2. The smallest absolute Gasteiger partial charge is 0.274 e. The predicted molar refractivity (Wildman–Crippen MR) is 105 cm³/mol. The van der Waals surface area contributed by atoms with Crippen LogP contribution in [0.4, 0.5) is 17.1 Å². The zero-order valence-electron chi connectivity index (χ0n) is 13.8. The maximum absolute atomic E-state index is 12.3. The molecule has 0 saturated heterocycles. The summed E-state index contributed by atoms with van der Waals surface area (Å²) in [5, 5.41) is 6.55. The van der Waals surface area contributed by atoms with Crippen molar-refractivity contribution in [2.75, 3.05) is 17.7 Å². The zero-order chi connectivity index (χ0) is 18.5. The molecule has 0 spiro atoms. The van der Waals surface area contributed by atoms with E-state index in [9.17, 15) is 4.79 Å². The molecule has 5 nitrogen and oxygen atoms in total. The number of para-hydroxylation sites is 2. The topological polar surface area (TPSA) is 63.2 Å². The number of pyridine rings is 1. The number of carbonyl (C=O) groups is 1. The van der Waals surface area contributed by atoms with Crippen molar-refractivity contribution < 1.29 is 9.53 Å². The first kappa shape index (κ1) is 18.0. The number of carbonyl (C=O) groups excluding carboxylic acids is 1. The van der Waals surface area contributed by atoms with Gasteiger partial charge in [-0.2, -0.15) is 0 Å². The Kier molecular flexibility index (Phi) is 5.61. The minimum atomic E-state index is -0.377. The highest BCUT2D eigenvalue weighted by Crippen LogP contribution is 2.30. The molecule has 0 fully saturated rings. The van der Waals surface area contributed by atoms with Gasteiger partial charge in [0, 0.05) is 0 Å². The standard InChI is InChI=1S/C19H15Cl2N3O2/c1-26-17-8-3-2-6-14(17)23-12-9-10-16(22-11-12)19(25)24-15-7-4-5-13(20)18(15)21/h2-11,23H,1H3,(H,24,25). The number of nitrogens with zero attached hydrogens (tertiary/aromatic N) is 1. The molecule has 0 aliphatic rings. The van der Waals surface area contributed by atoms with E-state index in [2.05, 4.69) is 15.6 Å². The summed E-state index contributed by atoms with van der Waals surface area (Å²) in [6.45, 7) is 0. The number of anilines is 3. The van der Waals surface area contributed by atoms with Crippen LogP contribution in [0.3, 0.4) is 0 Å². The van der Waals surface area contributed by atoms with E-state index < -0.39 is 0 Å². The molecule has 3 aromatic rings. The van der Waals surface area contributed by atoms with Crippen LogP contribution in [0.2, 0.25) is 10.0 Å². The summed E-state index contributed by atoms with van der Waals surface area (Å²) in [5.74, 6) is 0.336. The molecule has 1 aromatic heterocycles. The van der Waals surface area contributed by atoms with Crippen molar-refractivity contribution in [3.05, 3.63) is 76.5 Å². The Morgan fingerprint density at radius 2 is 1.77 bits per heavy atom. The minimum absolute atomic E-state index is 0.256. The van der Waals surface area contributed by atoms with Crippen LogP contribution in [0.25, 0.3) is 0 Å². The molecule has 0 unspecified atom stereocenters. The van der Waals surface area contributed by atoms with E-state index in [4.69, 9.17) is 27.9 Å². The molecular formula is C19H15Cl2N3O2. The summed E-state index contributed by atoms with van der Waals surface area (Å²) in [6, 6.07) is 15.9. The molecule has 0 atom stereocenters. The molecule has 0 saturated carbocycles. The fraction of sp³-hybridized carbons (Fsp3) is 0.0526. The van der Waals surface area contributed by atoms with E-state index in [-0.39, 0.29) is 16.6 Å². The first-order valence-electron chi connectivity index (χ1n) is 7.70. The van der Waals surface area contributed by atoms with E-state index in [0.717, 1.165) is 11.4 Å². The van der Waals surface area contributed by atoms with Gasteiger partial charge in [0.25, 0.3) is 5.91 Å². The van der Waals surface area contributed by atoms with Gasteiger partial charge >= 0.3 is 0 Å². The lowest BCUT2D eigenvalue weighted by Gasteiger charge is -2.11. The van der Waals surface area contributed by atoms with Crippen molar-refractivity contribution in [1.82, 2.24) is 4.98 Å². The zero-order valence-corrected chi connectivity index (χ0v) is 15.3. The van der Waals surface area contributed by atoms with Gasteiger partial charge in [0.15, 0.2) is 0 Å². The third kappa shape index (κ3) is 4.07. The summed E-state index contributed by atoms with van der Waals surface area (Å²) in [6.07, 6.45) is 1.57. The highest BCUT2D eigenvalue weighted by atomic mass is 35.5. The molecule has 0 bridgehead atoms. The van der Waals surface area contributed by atoms with E-state index in [0.29, 0.717) is 16.5 Å². The number of halogens is 2. The van der Waals surface area contributed by atoms with Gasteiger partial charge in [-0.15, -0.1) is 0 Å². The maximum Gasteiger partial charge on any atom is 0.274 e. The van der Waals surface area contributed by atoms with Crippen LogP contribution in [-0.4, -0.2) is 18.0 Å². The fourth-order valence-electron chi connectivity index (χ4n) is 2.29. The Bertz CT molecular complexity index is 930. The van der Waals surface area contributed by atoms with Gasteiger partial charge in [0.05, 0.1) is 40.4 Å². The lowest BCUT2D eigenvalue weighted by atomic mass is 10.2. The Morgan fingerprint density at radius 3 is 2.50 bits per heavy atom. The Hall–Kier alpha value is -2.76. The van der Waals surface area contributed by atoms with Crippen LogP contribution < -0.4 is 15.4 Å². The van der Waals surface area contributed by atoms with Crippen LogP contribution in [-0.2, 0) is 0 Å². The van der Waals surface area contributed by atoms with Gasteiger partial charge in [-0.3, -0.25) is 4.79 Å². The van der Waals surface area contributed by atoms with Crippen molar-refractivity contribution in [2.45, 2.75) is 0 Å². The molecule has 0 aliphatic carbocycles. The average molecular weight is 388 g/mol. The molecule has 132 valence electrons. The van der Waals surface area contributed by atoms with Crippen molar-refractivity contribution in [3.63, 3.8) is 0 Å². The largest absolute Gasteiger partial charge is 0.495 e. The highest BCUT2D eigenvalue weighted by molar-refractivity contribution is 6.44. The number of amides is 1. The van der Waals surface area contributed by atoms with Crippen LogP contribution >= 0.6 is 23.2 Å². The molecule has 7 heteroatoms. The van der Waals surface area contributed by atoms with Crippen molar-refractivity contribution in [2.24, 2.45) is 0 Å². The molecule has 2 N–H and O–H groups in total. The van der Waals surface area contributed by atoms with Crippen molar-refractivity contribution in [1.29, 1.82) is 0 Å². The second-order valence-corrected chi connectivity index (χ2v) is 6.10. The number of nitrogens with one attached hydrogen (secondary N) is 2. The number of methoxy groups -OCH3 is 1. The monoisotopic (exact) mass is 387 g/mol. The van der Waals surface area contributed by atoms with Crippen LogP contribution in [0, 0.1) is 0 Å². The van der Waals surface area contributed by atoms with Gasteiger partial charge in [0.1, 0.15) is 11.4 Å². The second-order valence-electron chi connectivity index (χ2n) is 5.31. The fourth-order valence-corrected chi connectivity index (χ4v) is 2.64. The van der Waals surface area contributed by atoms with E-state index in [1.807, 2.05) is 24.3 Å².